The molecule has 0 fully saturated rings. The van der Waals surface area contributed by atoms with E-state index < -0.39 is 0 Å². The maximum absolute atomic E-state index is 4.11. The van der Waals surface area contributed by atoms with E-state index in [9.17, 15) is 0 Å². The summed E-state index contributed by atoms with van der Waals surface area (Å²) in [6.45, 7) is 11.2. The molecule has 86 valence electrons. The molecule has 0 aromatic rings. The van der Waals surface area contributed by atoms with Crippen LogP contribution in [0.3, 0.4) is 0 Å². The summed E-state index contributed by atoms with van der Waals surface area (Å²) < 4.78 is 0. The summed E-state index contributed by atoms with van der Waals surface area (Å²) in [7, 11) is 3.63. The lowest BCUT2D eigenvalue weighted by molar-refractivity contribution is 0.239. The summed E-state index contributed by atoms with van der Waals surface area (Å²) in [5.41, 5.74) is 4.53. The smallest absolute Gasteiger partial charge is 0.110 e. The molecule has 0 aromatic heterocycles. The average molecular weight is 233 g/mol. The minimum Gasteiger partial charge on any atom is -0.338 e. The molecule has 0 amide bonds. The van der Waals surface area contributed by atoms with Gasteiger partial charge in [-0.15, -0.1) is 0 Å². The van der Waals surface area contributed by atoms with Crippen molar-refractivity contribution < 1.29 is 0 Å². The van der Waals surface area contributed by atoms with E-state index in [1.807, 2.05) is 0 Å². The molecule has 0 saturated carbocycles. The van der Waals surface area contributed by atoms with Crippen LogP contribution in [-0.4, -0.2) is 13.6 Å². The van der Waals surface area contributed by atoms with Crippen LogP contribution in [0.15, 0.2) is 23.4 Å². The van der Waals surface area contributed by atoms with Crippen LogP contribution in [0.25, 0.3) is 0 Å². The highest BCUT2D eigenvalue weighted by Crippen LogP contribution is 2.55. The van der Waals surface area contributed by atoms with Gasteiger partial charge in [0.1, 0.15) is 7.85 Å². The van der Waals surface area contributed by atoms with Crippen LogP contribution in [0.2, 0.25) is 5.31 Å². The van der Waals surface area contributed by atoms with Gasteiger partial charge < -0.3 is 5.09 Å². The van der Waals surface area contributed by atoms with Gasteiger partial charge in [0.05, 0.1) is 0 Å². The molecule has 1 atom stereocenters. The summed E-state index contributed by atoms with van der Waals surface area (Å²) in [5, 5.41) is 3.74. The van der Waals surface area contributed by atoms with Crippen molar-refractivity contribution in [3.63, 3.8) is 0 Å². The van der Waals surface area contributed by atoms with Crippen molar-refractivity contribution in [1.82, 2.24) is 5.09 Å². The molecule has 1 aliphatic heterocycles. The van der Waals surface area contributed by atoms with Gasteiger partial charge in [0.15, 0.2) is 0 Å². The first-order valence-electron chi connectivity index (χ1n) is 6.04. The Hall–Kier alpha value is -0.485. The second kappa shape index (κ2) is 3.77. The highest BCUT2D eigenvalue weighted by atomic mass is 31.1. The quantitative estimate of drug-likeness (QED) is 0.500. The van der Waals surface area contributed by atoms with E-state index in [-0.39, 0.29) is 0 Å². The lowest BCUT2D eigenvalue weighted by atomic mass is 9.48. The van der Waals surface area contributed by atoms with Gasteiger partial charge in [-0.3, -0.25) is 0 Å². The van der Waals surface area contributed by atoms with Crippen LogP contribution >= 0.6 is 8.35 Å². The second-order valence-electron chi connectivity index (χ2n) is 6.34. The van der Waals surface area contributed by atoms with Gasteiger partial charge in [0, 0.05) is 14.1 Å². The fourth-order valence-corrected chi connectivity index (χ4v) is 3.30. The van der Waals surface area contributed by atoms with Crippen LogP contribution in [0.1, 0.15) is 40.0 Å². The summed E-state index contributed by atoms with van der Waals surface area (Å²) in [5.74, 6) is 2.33. The van der Waals surface area contributed by atoms with Crippen LogP contribution in [-0.2, 0) is 0 Å². The molecule has 0 saturated heterocycles. The zero-order valence-electron chi connectivity index (χ0n) is 10.9. The number of hydrogen-bond acceptors (Lipinski definition) is 1. The Morgan fingerprint density at radius 1 is 1.50 bits per heavy atom. The van der Waals surface area contributed by atoms with Crippen molar-refractivity contribution in [1.29, 1.82) is 0 Å². The van der Waals surface area contributed by atoms with Gasteiger partial charge in [0.25, 0.3) is 0 Å². The third-order valence-corrected chi connectivity index (χ3v) is 5.33. The molecule has 0 bridgehead atoms. The summed E-state index contributed by atoms with van der Waals surface area (Å²) >= 11 is 0. The largest absolute Gasteiger partial charge is 0.338 e. The predicted octanol–water partition coefficient (Wildman–Crippen LogP) is 3.09. The van der Waals surface area contributed by atoms with Gasteiger partial charge in [0.2, 0.25) is 0 Å². The predicted molar refractivity (Wildman–Crippen MR) is 76.8 cm³/mol. The Morgan fingerprint density at radius 3 is 2.81 bits per heavy atom. The van der Waals surface area contributed by atoms with Crippen molar-refractivity contribution in [2.45, 2.75) is 45.3 Å². The minimum absolute atomic E-state index is 0.377. The van der Waals surface area contributed by atoms with E-state index in [2.05, 4.69) is 46.1 Å². The molecule has 1 nitrogen and oxygen atoms in total. The monoisotopic (exact) mass is 233 g/mol. The fraction of sp³-hybridized carbons (Fsp3) is 0.615. The first kappa shape index (κ1) is 12.0. The third-order valence-electron chi connectivity index (χ3n) is 4.49. The molecule has 1 unspecified atom stereocenters. The van der Waals surface area contributed by atoms with E-state index in [1.165, 1.54) is 38.8 Å². The summed E-state index contributed by atoms with van der Waals surface area (Å²) in [6.07, 6.45) is 3.67. The molecule has 0 spiro atoms. The molecule has 2 aliphatic rings. The van der Waals surface area contributed by atoms with Crippen LogP contribution in [0.4, 0.5) is 0 Å². The highest BCUT2D eigenvalue weighted by Gasteiger charge is 2.40. The van der Waals surface area contributed by atoms with Crippen LogP contribution < -0.4 is 5.09 Å². The molecule has 1 N–H and O–H groups in total. The van der Waals surface area contributed by atoms with E-state index in [4.69, 9.17) is 0 Å². The van der Waals surface area contributed by atoms with Gasteiger partial charge >= 0.3 is 0 Å². The normalized spacial score (nSPS) is 31.1. The zero-order valence-corrected chi connectivity index (χ0v) is 11.7. The Bertz CT molecular complexity index is 389. The first-order valence-corrected chi connectivity index (χ1v) is 7.00. The van der Waals surface area contributed by atoms with Crippen LogP contribution in [0, 0.1) is 5.41 Å². The van der Waals surface area contributed by atoms with E-state index in [0.29, 0.717) is 10.7 Å². The Kier molecular flexibility index (Phi) is 2.82. The molecule has 16 heavy (non-hydrogen) atoms. The van der Waals surface area contributed by atoms with Gasteiger partial charge in [-0.2, -0.15) is 0 Å². The third kappa shape index (κ3) is 1.88. The van der Waals surface area contributed by atoms with Crippen molar-refractivity contribution in [3.8, 4) is 0 Å². The number of hydrogen-bond donors (Lipinski definition) is 1. The molecule has 0 radical (unpaired) electrons. The van der Waals surface area contributed by atoms with E-state index in [0.717, 1.165) is 5.70 Å². The maximum Gasteiger partial charge on any atom is 0.110 e. The molecule has 0 aromatic carbocycles. The fourth-order valence-electron chi connectivity index (χ4n) is 2.54. The molecule has 3 heteroatoms. The number of rotatable bonds is 0. The summed E-state index contributed by atoms with van der Waals surface area (Å²) in [4.78, 5) is 0. The van der Waals surface area contributed by atoms with Gasteiger partial charge in [-0.1, -0.05) is 27.4 Å². The second-order valence-corrected chi connectivity index (χ2v) is 7.08. The van der Waals surface area contributed by atoms with Crippen molar-refractivity contribution in [2.24, 2.45) is 5.41 Å². The molecular formula is C13H21BNP. The van der Waals surface area contributed by atoms with Crippen molar-refractivity contribution >= 4 is 22.0 Å². The van der Waals surface area contributed by atoms with Gasteiger partial charge in [-0.05, 0) is 46.9 Å². The minimum atomic E-state index is 0.377. The highest BCUT2D eigenvalue weighted by molar-refractivity contribution is 7.37. The Labute approximate surface area is 102 Å². The number of allylic oxidation sites excluding steroid dienone is 2. The Balaban J connectivity index is 2.32. The Morgan fingerprint density at radius 2 is 2.19 bits per heavy atom. The SMILES string of the molecule is BC1(C(C)(C)C)CCC2=C(C=PNC2=C)C1. The van der Waals surface area contributed by atoms with Crippen molar-refractivity contribution in [2.75, 3.05) is 0 Å². The van der Waals surface area contributed by atoms with Crippen molar-refractivity contribution in [3.05, 3.63) is 23.4 Å². The molecule has 1 heterocycles. The molecular weight excluding hydrogens is 212 g/mol. The average Bonchev–Trinajstić information content (AvgIpc) is 2.16. The lowest BCUT2D eigenvalue weighted by Crippen LogP contribution is -2.33. The maximum atomic E-state index is 4.11. The topological polar surface area (TPSA) is 12.0 Å². The van der Waals surface area contributed by atoms with Gasteiger partial charge in [-0.25, -0.2) is 0 Å². The van der Waals surface area contributed by atoms with Crippen LogP contribution in [0.5, 0.6) is 0 Å². The molecule has 1 aliphatic carbocycles. The number of nitrogens with one attached hydrogen (secondary N) is 1. The standard InChI is InChI=1S/C13H21BNP/c1-9-11-5-6-13(14,12(2,3)4)7-10(11)8-16-15-9/h8,15H,1,5-7,14H2,2-4H3. The van der Waals surface area contributed by atoms with E-state index in [1.54, 1.807) is 0 Å². The zero-order chi connectivity index (χ0) is 12.0. The summed E-state index contributed by atoms with van der Waals surface area (Å²) in [6, 6.07) is 0. The lowest BCUT2D eigenvalue weighted by Gasteiger charge is -2.46. The van der Waals surface area contributed by atoms with E-state index >= 15 is 0 Å². The molecule has 2 rings (SSSR count). The first-order chi connectivity index (χ1) is 7.33.